The SMILES string of the molecule is CC(C)OCCN1CCN(CCOc2cc(N3C4CCC3CN(c3cc(-c5ccccc5O)nnc3N)C4)ccn2)CC1. The molecule has 0 amide bonds. The van der Waals surface area contributed by atoms with Crippen LogP contribution in [0.25, 0.3) is 11.3 Å². The number of anilines is 3. The van der Waals surface area contributed by atoms with Gasteiger partial charge in [-0.3, -0.25) is 9.80 Å². The van der Waals surface area contributed by atoms with Crippen LogP contribution in [0.3, 0.4) is 0 Å². The minimum atomic E-state index is 0.179. The number of aromatic hydroxyl groups is 1. The number of nitrogens with zero attached hydrogens (tertiary/aromatic N) is 7. The number of para-hydroxylation sites is 1. The highest BCUT2D eigenvalue weighted by Crippen LogP contribution is 2.39. The second-order valence-electron chi connectivity index (χ2n) is 12.0. The molecule has 3 N–H and O–H groups in total. The fourth-order valence-corrected chi connectivity index (χ4v) is 6.56. The van der Waals surface area contributed by atoms with Crippen LogP contribution >= 0.6 is 0 Å². The quantitative estimate of drug-likeness (QED) is 0.344. The van der Waals surface area contributed by atoms with E-state index in [9.17, 15) is 5.11 Å². The number of piperazine rings is 2. The van der Waals surface area contributed by atoms with Gasteiger partial charge in [0.1, 0.15) is 12.4 Å². The number of nitrogens with two attached hydrogens (primary N) is 1. The molecule has 2 unspecified atom stereocenters. The standard InChI is InChI=1S/C32H44N8O3/c1-23(2)42-17-15-37-11-13-38(14-12-37)16-18-43-31-19-24(9-10-34-31)40-25-7-8-26(40)22-39(21-25)29-20-28(35-36-32(29)33)27-5-3-4-6-30(27)41/h3-6,9-10,19-20,23,25-26,41H,7-8,11-18,21-22H2,1-2H3,(H2,33,36). The maximum Gasteiger partial charge on any atom is 0.215 e. The lowest BCUT2D eigenvalue weighted by atomic mass is 10.1. The first-order chi connectivity index (χ1) is 20.9. The number of hydrogen-bond acceptors (Lipinski definition) is 11. The number of fused-ring (bicyclic) bond motifs is 2. The lowest BCUT2D eigenvalue weighted by molar-refractivity contribution is 0.0429. The second kappa shape index (κ2) is 13.3. The van der Waals surface area contributed by atoms with Crippen LogP contribution in [-0.2, 0) is 4.74 Å². The second-order valence-corrected chi connectivity index (χ2v) is 12.0. The molecule has 0 radical (unpaired) electrons. The predicted molar refractivity (Wildman–Crippen MR) is 169 cm³/mol. The first-order valence-corrected chi connectivity index (χ1v) is 15.5. The highest BCUT2D eigenvalue weighted by Gasteiger charge is 2.41. The van der Waals surface area contributed by atoms with Crippen LogP contribution in [0.15, 0.2) is 48.7 Å². The number of phenols is 1. The Labute approximate surface area is 254 Å². The van der Waals surface area contributed by atoms with Gasteiger partial charge < -0.3 is 30.1 Å². The number of rotatable bonds is 11. The summed E-state index contributed by atoms with van der Waals surface area (Å²) in [4.78, 5) is 14.3. The Bertz CT molecular complexity index is 1350. The Morgan fingerprint density at radius 2 is 1.63 bits per heavy atom. The van der Waals surface area contributed by atoms with Crippen molar-refractivity contribution < 1.29 is 14.6 Å². The third-order valence-electron chi connectivity index (χ3n) is 8.80. The zero-order valence-corrected chi connectivity index (χ0v) is 25.3. The highest BCUT2D eigenvalue weighted by molar-refractivity contribution is 5.74. The fraction of sp³-hybridized carbons (Fsp3) is 0.531. The minimum Gasteiger partial charge on any atom is -0.507 e. The number of aromatic nitrogens is 3. The van der Waals surface area contributed by atoms with Crippen molar-refractivity contribution in [1.29, 1.82) is 0 Å². The molecule has 2 aromatic heterocycles. The molecule has 230 valence electrons. The molecule has 2 atom stereocenters. The van der Waals surface area contributed by atoms with Crippen molar-refractivity contribution in [3.8, 4) is 22.9 Å². The van der Waals surface area contributed by atoms with Crippen molar-refractivity contribution in [3.63, 3.8) is 0 Å². The molecule has 1 aromatic carbocycles. The van der Waals surface area contributed by atoms with Crippen LogP contribution in [0, 0.1) is 0 Å². The van der Waals surface area contributed by atoms with Gasteiger partial charge in [0, 0.05) is 88.0 Å². The molecule has 2 bridgehead atoms. The molecular weight excluding hydrogens is 544 g/mol. The number of benzene rings is 1. The highest BCUT2D eigenvalue weighted by atomic mass is 16.5. The Morgan fingerprint density at radius 3 is 2.33 bits per heavy atom. The molecule has 11 nitrogen and oxygen atoms in total. The van der Waals surface area contributed by atoms with Gasteiger partial charge in [0.05, 0.1) is 24.1 Å². The van der Waals surface area contributed by atoms with E-state index in [1.807, 2.05) is 24.4 Å². The molecule has 5 heterocycles. The summed E-state index contributed by atoms with van der Waals surface area (Å²) in [6.07, 6.45) is 4.37. The van der Waals surface area contributed by atoms with Crippen LogP contribution in [0.4, 0.5) is 17.2 Å². The molecule has 3 fully saturated rings. The van der Waals surface area contributed by atoms with E-state index < -0.39 is 0 Å². The van der Waals surface area contributed by atoms with E-state index in [0.29, 0.717) is 47.7 Å². The molecule has 0 saturated carbocycles. The molecule has 43 heavy (non-hydrogen) atoms. The average molecular weight is 589 g/mol. The lowest BCUT2D eigenvalue weighted by Crippen LogP contribution is -2.54. The molecule has 0 spiro atoms. The number of pyridine rings is 1. The van der Waals surface area contributed by atoms with E-state index in [2.05, 4.69) is 60.8 Å². The number of ether oxygens (including phenoxy) is 2. The summed E-state index contributed by atoms with van der Waals surface area (Å²) in [6, 6.07) is 14.0. The van der Waals surface area contributed by atoms with Gasteiger partial charge in [-0.2, -0.15) is 0 Å². The third-order valence-corrected chi connectivity index (χ3v) is 8.80. The average Bonchev–Trinajstić information content (AvgIpc) is 3.27. The van der Waals surface area contributed by atoms with Gasteiger partial charge in [0.25, 0.3) is 0 Å². The topological polar surface area (TPSA) is 116 Å². The van der Waals surface area contributed by atoms with Crippen LogP contribution in [0.1, 0.15) is 26.7 Å². The van der Waals surface area contributed by atoms with E-state index in [0.717, 1.165) is 83.2 Å². The summed E-state index contributed by atoms with van der Waals surface area (Å²) in [5, 5.41) is 18.8. The lowest BCUT2D eigenvalue weighted by Gasteiger charge is -2.43. The van der Waals surface area contributed by atoms with Crippen LogP contribution in [0.5, 0.6) is 11.6 Å². The Morgan fingerprint density at radius 1 is 0.930 bits per heavy atom. The van der Waals surface area contributed by atoms with Crippen molar-refractivity contribution in [1.82, 2.24) is 25.0 Å². The van der Waals surface area contributed by atoms with Crippen LogP contribution in [-0.4, -0.2) is 114 Å². The van der Waals surface area contributed by atoms with Gasteiger partial charge in [0.2, 0.25) is 5.88 Å². The molecule has 3 saturated heterocycles. The summed E-state index contributed by atoms with van der Waals surface area (Å²) in [7, 11) is 0. The maximum absolute atomic E-state index is 10.3. The summed E-state index contributed by atoms with van der Waals surface area (Å²) in [5.74, 6) is 1.27. The molecule has 3 aliphatic rings. The number of phenolic OH excluding ortho intramolecular Hbond substituents is 1. The summed E-state index contributed by atoms with van der Waals surface area (Å²) in [5.41, 5.74) is 9.62. The van der Waals surface area contributed by atoms with E-state index >= 15 is 0 Å². The molecule has 3 aliphatic heterocycles. The first-order valence-electron chi connectivity index (χ1n) is 15.5. The monoisotopic (exact) mass is 588 g/mol. The van der Waals surface area contributed by atoms with Gasteiger partial charge >= 0.3 is 0 Å². The maximum atomic E-state index is 10.3. The Balaban J connectivity index is 1.03. The van der Waals surface area contributed by atoms with Crippen LogP contribution < -0.4 is 20.3 Å². The van der Waals surface area contributed by atoms with Gasteiger partial charge in [-0.05, 0) is 51.0 Å². The van der Waals surface area contributed by atoms with E-state index in [1.54, 1.807) is 12.1 Å². The third kappa shape index (κ3) is 6.95. The van der Waals surface area contributed by atoms with Crippen molar-refractivity contribution in [2.24, 2.45) is 0 Å². The Hall–Kier alpha value is -3.67. The van der Waals surface area contributed by atoms with Crippen LogP contribution in [0.2, 0.25) is 0 Å². The normalized spacial score (nSPS) is 21.1. The van der Waals surface area contributed by atoms with E-state index in [4.69, 9.17) is 15.2 Å². The van der Waals surface area contributed by atoms with Gasteiger partial charge in [0.15, 0.2) is 5.82 Å². The van der Waals surface area contributed by atoms with Crippen molar-refractivity contribution in [2.75, 3.05) is 81.1 Å². The molecule has 11 heteroatoms. The Kier molecular flexibility index (Phi) is 9.11. The zero-order valence-electron chi connectivity index (χ0n) is 25.3. The largest absolute Gasteiger partial charge is 0.507 e. The predicted octanol–water partition coefficient (Wildman–Crippen LogP) is 3.11. The van der Waals surface area contributed by atoms with Crippen molar-refractivity contribution in [3.05, 3.63) is 48.7 Å². The summed E-state index contributed by atoms with van der Waals surface area (Å²) >= 11 is 0. The van der Waals surface area contributed by atoms with Gasteiger partial charge in [-0.15, -0.1) is 10.2 Å². The van der Waals surface area contributed by atoms with E-state index in [-0.39, 0.29) is 5.75 Å². The van der Waals surface area contributed by atoms with Gasteiger partial charge in [-0.1, -0.05) is 12.1 Å². The molecule has 3 aromatic rings. The van der Waals surface area contributed by atoms with Crippen molar-refractivity contribution in [2.45, 2.75) is 44.9 Å². The molecular formula is C32H44N8O3. The minimum absolute atomic E-state index is 0.179. The summed E-state index contributed by atoms with van der Waals surface area (Å²) < 4.78 is 11.8. The zero-order chi connectivity index (χ0) is 29.8. The molecule has 0 aliphatic carbocycles. The number of hydrogen-bond donors (Lipinski definition) is 2. The van der Waals surface area contributed by atoms with Crippen molar-refractivity contribution >= 4 is 17.2 Å². The summed E-state index contributed by atoms with van der Waals surface area (Å²) in [6.45, 7) is 13.4. The smallest absolute Gasteiger partial charge is 0.215 e. The molecule has 6 rings (SSSR count). The van der Waals surface area contributed by atoms with E-state index in [1.165, 1.54) is 0 Å². The first kappa shape index (κ1) is 29.4. The fourth-order valence-electron chi connectivity index (χ4n) is 6.56. The number of nitrogen functional groups attached to an aromatic ring is 1. The van der Waals surface area contributed by atoms with Gasteiger partial charge in [-0.25, -0.2) is 4.98 Å².